The first-order valence-corrected chi connectivity index (χ1v) is 6.98. The number of carbonyl (C=O) groups excluding carboxylic acids is 1. The molecular weight excluding hydrogens is 256 g/mol. The van der Waals surface area contributed by atoms with Crippen molar-refractivity contribution in [1.29, 1.82) is 0 Å². The number of rotatable bonds is 5. The highest BCUT2D eigenvalue weighted by atomic mass is 16.4. The number of hydrogen-bond acceptors (Lipinski definition) is 2. The lowest BCUT2D eigenvalue weighted by Crippen LogP contribution is -2.34. The van der Waals surface area contributed by atoms with Crippen LogP contribution in [0.3, 0.4) is 0 Å². The van der Waals surface area contributed by atoms with Crippen LogP contribution in [0.15, 0.2) is 6.07 Å². The first kappa shape index (κ1) is 14.6. The van der Waals surface area contributed by atoms with Crippen LogP contribution in [-0.4, -0.2) is 28.1 Å². The van der Waals surface area contributed by atoms with Crippen LogP contribution in [-0.2, 0) is 4.79 Å². The number of carboxylic acids is 1. The molecule has 0 aliphatic heterocycles. The number of aromatic nitrogens is 1. The number of aliphatic carboxylic acids is 1. The second-order valence-corrected chi connectivity index (χ2v) is 6.02. The topological polar surface area (TPSA) is 71.3 Å². The Labute approximate surface area is 119 Å². The summed E-state index contributed by atoms with van der Waals surface area (Å²) in [6.45, 7) is 8.26. The van der Waals surface area contributed by atoms with E-state index in [9.17, 15) is 9.59 Å². The van der Waals surface area contributed by atoms with Crippen molar-refractivity contribution in [3.63, 3.8) is 0 Å². The molecule has 2 N–H and O–H groups in total. The molecule has 0 bridgehead atoms. The summed E-state index contributed by atoms with van der Waals surface area (Å²) in [5.74, 6) is -0.997. The Bertz CT molecular complexity index is 554. The normalized spacial score (nSPS) is 16.2. The molecule has 1 aliphatic rings. The van der Waals surface area contributed by atoms with E-state index < -0.39 is 11.4 Å². The van der Waals surface area contributed by atoms with Crippen molar-refractivity contribution in [1.82, 2.24) is 9.88 Å². The van der Waals surface area contributed by atoms with Gasteiger partial charge in [-0.3, -0.25) is 9.59 Å². The Kier molecular flexibility index (Phi) is 3.63. The maximum Gasteiger partial charge on any atom is 0.311 e. The van der Waals surface area contributed by atoms with Crippen molar-refractivity contribution in [3.8, 4) is 0 Å². The van der Waals surface area contributed by atoms with E-state index in [1.165, 1.54) is 0 Å². The van der Waals surface area contributed by atoms with E-state index >= 15 is 0 Å². The zero-order valence-electron chi connectivity index (χ0n) is 12.5. The van der Waals surface area contributed by atoms with Gasteiger partial charge >= 0.3 is 5.97 Å². The van der Waals surface area contributed by atoms with E-state index in [0.29, 0.717) is 24.4 Å². The molecule has 0 aromatic carbocycles. The molecule has 110 valence electrons. The predicted molar refractivity (Wildman–Crippen MR) is 75.9 cm³/mol. The number of nitrogens with zero attached hydrogens (tertiary/aromatic N) is 1. The van der Waals surface area contributed by atoms with Gasteiger partial charge in [0.15, 0.2) is 0 Å². The van der Waals surface area contributed by atoms with Crippen molar-refractivity contribution >= 4 is 11.9 Å². The molecule has 0 atom stereocenters. The molecule has 20 heavy (non-hydrogen) atoms. The second-order valence-electron chi connectivity index (χ2n) is 6.02. The minimum Gasteiger partial charge on any atom is -0.481 e. The highest BCUT2D eigenvalue weighted by Gasteiger charge is 2.50. The summed E-state index contributed by atoms with van der Waals surface area (Å²) in [5, 5.41) is 11.9. The molecule has 0 unspecified atom stereocenters. The van der Waals surface area contributed by atoms with Crippen LogP contribution < -0.4 is 5.32 Å². The molecule has 1 amide bonds. The Morgan fingerprint density at radius 2 is 2.00 bits per heavy atom. The van der Waals surface area contributed by atoms with Crippen LogP contribution in [0.2, 0.25) is 0 Å². The summed E-state index contributed by atoms with van der Waals surface area (Å²) in [6, 6.07) is 2.16. The molecule has 1 aromatic heterocycles. The number of carboxylic acid groups (broad SMARTS) is 1. The highest BCUT2D eigenvalue weighted by Crippen LogP contribution is 2.45. The molecule has 1 aromatic rings. The van der Waals surface area contributed by atoms with Gasteiger partial charge in [-0.05, 0) is 46.6 Å². The SMILES string of the molecule is Cc1cc(C(=O)NCC2(C(=O)O)CC2)c(C)n1C(C)C. The minimum absolute atomic E-state index is 0.183. The van der Waals surface area contributed by atoms with E-state index in [1.807, 2.05) is 19.9 Å². The zero-order chi connectivity index (χ0) is 15.1. The number of aryl methyl sites for hydroxylation is 1. The van der Waals surface area contributed by atoms with Gasteiger partial charge < -0.3 is 15.0 Å². The molecular formula is C15H22N2O3. The van der Waals surface area contributed by atoms with Crippen molar-refractivity contribution in [2.45, 2.75) is 46.6 Å². The van der Waals surface area contributed by atoms with Crippen LogP contribution >= 0.6 is 0 Å². The summed E-state index contributed by atoms with van der Waals surface area (Å²) < 4.78 is 2.11. The van der Waals surface area contributed by atoms with E-state index in [1.54, 1.807) is 0 Å². The van der Waals surface area contributed by atoms with Gasteiger partial charge in [0.2, 0.25) is 0 Å². The van der Waals surface area contributed by atoms with Gasteiger partial charge in [0.25, 0.3) is 5.91 Å². The van der Waals surface area contributed by atoms with Crippen molar-refractivity contribution in [2.24, 2.45) is 5.41 Å². The smallest absolute Gasteiger partial charge is 0.311 e. The van der Waals surface area contributed by atoms with Crippen molar-refractivity contribution < 1.29 is 14.7 Å². The van der Waals surface area contributed by atoms with E-state index in [2.05, 4.69) is 23.7 Å². The average molecular weight is 278 g/mol. The Hall–Kier alpha value is -1.78. The lowest BCUT2D eigenvalue weighted by atomic mass is 10.1. The molecule has 1 heterocycles. The van der Waals surface area contributed by atoms with Gasteiger partial charge in [0.1, 0.15) is 0 Å². The van der Waals surface area contributed by atoms with E-state index in [-0.39, 0.29) is 12.5 Å². The van der Waals surface area contributed by atoms with Gasteiger partial charge in [-0.1, -0.05) is 0 Å². The van der Waals surface area contributed by atoms with Gasteiger partial charge in [-0.2, -0.15) is 0 Å². The summed E-state index contributed by atoms with van der Waals surface area (Å²) in [6.07, 6.45) is 1.29. The van der Waals surface area contributed by atoms with E-state index in [0.717, 1.165) is 11.4 Å². The number of hydrogen-bond donors (Lipinski definition) is 2. The van der Waals surface area contributed by atoms with Crippen LogP contribution in [0.4, 0.5) is 0 Å². The fourth-order valence-corrected chi connectivity index (χ4v) is 2.76. The van der Waals surface area contributed by atoms with Crippen LogP contribution in [0, 0.1) is 19.3 Å². The fraction of sp³-hybridized carbons (Fsp3) is 0.600. The molecule has 1 fully saturated rings. The molecule has 0 spiro atoms. The summed E-state index contributed by atoms with van der Waals surface area (Å²) in [4.78, 5) is 23.3. The fourth-order valence-electron chi connectivity index (χ4n) is 2.76. The predicted octanol–water partition coefficient (Wildman–Crippen LogP) is 2.28. The Balaban J connectivity index is 2.11. The summed E-state index contributed by atoms with van der Waals surface area (Å²) >= 11 is 0. The molecule has 2 rings (SSSR count). The average Bonchev–Trinajstić information content (AvgIpc) is 3.08. The van der Waals surface area contributed by atoms with Crippen molar-refractivity contribution in [2.75, 3.05) is 6.54 Å². The third-order valence-corrected chi connectivity index (χ3v) is 4.14. The molecule has 5 heteroatoms. The summed E-state index contributed by atoms with van der Waals surface area (Å²) in [5.41, 5.74) is 1.88. The molecule has 1 saturated carbocycles. The van der Waals surface area contributed by atoms with E-state index in [4.69, 9.17) is 5.11 Å². The highest BCUT2D eigenvalue weighted by molar-refractivity contribution is 5.96. The quantitative estimate of drug-likeness (QED) is 0.868. The lowest BCUT2D eigenvalue weighted by molar-refractivity contribution is -0.143. The second kappa shape index (κ2) is 4.96. The maximum atomic E-state index is 12.2. The number of nitrogens with one attached hydrogen (secondary N) is 1. The first-order valence-electron chi connectivity index (χ1n) is 6.98. The molecule has 5 nitrogen and oxygen atoms in total. The third kappa shape index (κ3) is 2.44. The largest absolute Gasteiger partial charge is 0.481 e. The van der Waals surface area contributed by atoms with Gasteiger partial charge in [-0.25, -0.2) is 0 Å². The first-order chi connectivity index (χ1) is 9.28. The molecule has 0 radical (unpaired) electrons. The lowest BCUT2D eigenvalue weighted by Gasteiger charge is -2.14. The van der Waals surface area contributed by atoms with Crippen LogP contribution in [0.25, 0.3) is 0 Å². The number of amides is 1. The maximum absolute atomic E-state index is 12.2. The minimum atomic E-state index is -0.814. The number of carbonyl (C=O) groups is 2. The Morgan fingerprint density at radius 3 is 2.40 bits per heavy atom. The standard InChI is InChI=1S/C15H22N2O3/c1-9(2)17-10(3)7-12(11(17)4)13(18)16-8-15(5-6-15)14(19)20/h7,9H,5-6,8H2,1-4H3,(H,16,18)(H,19,20). The van der Waals surface area contributed by atoms with Gasteiger partial charge in [0, 0.05) is 24.0 Å². The summed E-state index contributed by atoms with van der Waals surface area (Å²) in [7, 11) is 0. The zero-order valence-corrected chi connectivity index (χ0v) is 12.5. The molecule has 0 saturated heterocycles. The van der Waals surface area contributed by atoms with Gasteiger partial charge in [0.05, 0.1) is 11.0 Å². The van der Waals surface area contributed by atoms with Crippen molar-refractivity contribution in [3.05, 3.63) is 23.0 Å². The third-order valence-electron chi connectivity index (χ3n) is 4.14. The van der Waals surface area contributed by atoms with Crippen LogP contribution in [0.5, 0.6) is 0 Å². The monoisotopic (exact) mass is 278 g/mol. The molecule has 1 aliphatic carbocycles. The van der Waals surface area contributed by atoms with Crippen LogP contribution in [0.1, 0.15) is 54.5 Å². The Morgan fingerprint density at radius 1 is 1.40 bits per heavy atom. The van der Waals surface area contributed by atoms with Gasteiger partial charge in [-0.15, -0.1) is 0 Å².